The maximum atomic E-state index is 11.5. The number of methoxy groups -OCH3 is 2. The summed E-state index contributed by atoms with van der Waals surface area (Å²) in [4.78, 5) is 11.5. The van der Waals surface area contributed by atoms with Gasteiger partial charge in [0.1, 0.15) is 12.2 Å². The fourth-order valence-electron chi connectivity index (χ4n) is 2.45. The van der Waals surface area contributed by atoms with Gasteiger partial charge in [0.25, 0.3) is 0 Å². The van der Waals surface area contributed by atoms with Crippen LogP contribution in [0.5, 0.6) is 0 Å². The molecule has 2 unspecified atom stereocenters. The van der Waals surface area contributed by atoms with Crippen molar-refractivity contribution < 1.29 is 14.3 Å². The second-order valence-corrected chi connectivity index (χ2v) is 4.58. The summed E-state index contributed by atoms with van der Waals surface area (Å²) >= 11 is 0. The minimum absolute atomic E-state index is 0.0487. The second kappa shape index (κ2) is 5.04. The normalized spacial score (nSPS) is 22.3. The lowest BCUT2D eigenvalue weighted by atomic mass is 9.86. The van der Waals surface area contributed by atoms with Crippen LogP contribution >= 0.6 is 0 Å². The largest absolute Gasteiger partial charge is 0.373 e. The zero-order valence-corrected chi connectivity index (χ0v) is 11.2. The van der Waals surface area contributed by atoms with E-state index in [1.165, 1.54) is 0 Å². The highest BCUT2D eigenvalue weighted by Crippen LogP contribution is 2.39. The quantitative estimate of drug-likeness (QED) is 0.606. The first-order valence-corrected chi connectivity index (χ1v) is 5.97. The number of carbonyl (C=O) groups excluding carboxylic acids is 1. The Kier molecular flexibility index (Phi) is 3.64. The van der Waals surface area contributed by atoms with Crippen LogP contribution in [0.15, 0.2) is 29.8 Å². The van der Waals surface area contributed by atoms with Gasteiger partial charge >= 0.3 is 0 Å². The first-order valence-electron chi connectivity index (χ1n) is 5.97. The van der Waals surface area contributed by atoms with Gasteiger partial charge in [-0.15, -0.1) is 0 Å². The Morgan fingerprint density at radius 3 is 2.44 bits per heavy atom. The average molecular weight is 246 g/mol. The molecule has 3 nitrogen and oxygen atoms in total. The van der Waals surface area contributed by atoms with Gasteiger partial charge in [0.05, 0.1) is 0 Å². The van der Waals surface area contributed by atoms with Gasteiger partial charge in [0.15, 0.2) is 5.78 Å². The maximum Gasteiger partial charge on any atom is 0.159 e. The van der Waals surface area contributed by atoms with Crippen molar-refractivity contribution in [2.24, 2.45) is 0 Å². The molecule has 0 fully saturated rings. The Balaban J connectivity index is 2.55. The third kappa shape index (κ3) is 2.11. The lowest BCUT2D eigenvalue weighted by Gasteiger charge is -2.29. The van der Waals surface area contributed by atoms with E-state index in [0.29, 0.717) is 5.56 Å². The summed E-state index contributed by atoms with van der Waals surface area (Å²) in [5.41, 5.74) is 3.93. The van der Waals surface area contributed by atoms with E-state index in [1.54, 1.807) is 21.1 Å². The average Bonchev–Trinajstić information content (AvgIpc) is 2.37. The first kappa shape index (κ1) is 13.0. The molecule has 0 saturated carbocycles. The third-order valence-corrected chi connectivity index (χ3v) is 3.40. The second-order valence-electron chi connectivity index (χ2n) is 4.58. The zero-order valence-electron chi connectivity index (χ0n) is 11.2. The SMILES string of the molecule is COC1C=C(C)C(OC)c2ccc(C(C)=O)cc21. The summed E-state index contributed by atoms with van der Waals surface area (Å²) in [6.07, 6.45) is 1.89. The van der Waals surface area contributed by atoms with Crippen LogP contribution in [0.1, 0.15) is 47.5 Å². The van der Waals surface area contributed by atoms with E-state index in [0.717, 1.165) is 16.7 Å². The number of carbonyl (C=O) groups is 1. The highest BCUT2D eigenvalue weighted by molar-refractivity contribution is 5.94. The van der Waals surface area contributed by atoms with Gasteiger partial charge < -0.3 is 9.47 Å². The molecule has 0 bridgehead atoms. The van der Waals surface area contributed by atoms with Crippen molar-refractivity contribution in [2.75, 3.05) is 14.2 Å². The van der Waals surface area contributed by atoms with Crippen molar-refractivity contribution in [3.63, 3.8) is 0 Å². The van der Waals surface area contributed by atoms with E-state index in [-0.39, 0.29) is 18.0 Å². The fourth-order valence-corrected chi connectivity index (χ4v) is 2.45. The van der Waals surface area contributed by atoms with Gasteiger partial charge in [0, 0.05) is 19.8 Å². The minimum atomic E-state index is -0.106. The molecule has 0 spiro atoms. The van der Waals surface area contributed by atoms with Gasteiger partial charge in [-0.3, -0.25) is 4.79 Å². The summed E-state index contributed by atoms with van der Waals surface area (Å²) in [7, 11) is 3.36. The van der Waals surface area contributed by atoms with Crippen LogP contribution in [0.4, 0.5) is 0 Å². The predicted molar refractivity (Wildman–Crippen MR) is 69.7 cm³/mol. The molecule has 2 rings (SSSR count). The molecule has 1 aromatic carbocycles. The Hall–Kier alpha value is -1.45. The standard InChI is InChI=1S/C15H18O3/c1-9-7-14(17-3)13-8-11(10(2)16)5-6-12(13)15(9)18-4/h5-8,14-15H,1-4H3. The summed E-state index contributed by atoms with van der Waals surface area (Å²) in [6.45, 7) is 3.60. The maximum absolute atomic E-state index is 11.5. The lowest BCUT2D eigenvalue weighted by molar-refractivity contribution is 0.100. The van der Waals surface area contributed by atoms with Crippen molar-refractivity contribution >= 4 is 5.78 Å². The molecule has 0 N–H and O–H groups in total. The summed E-state index contributed by atoms with van der Waals surface area (Å²) in [6, 6.07) is 5.71. The number of Topliss-reactive ketones (excluding diaryl/α,β-unsaturated/α-hetero) is 1. The lowest BCUT2D eigenvalue weighted by Crippen LogP contribution is -2.16. The molecule has 0 aliphatic heterocycles. The number of ketones is 1. The van der Waals surface area contributed by atoms with Crippen LogP contribution in [0.3, 0.4) is 0 Å². The third-order valence-electron chi connectivity index (χ3n) is 3.40. The molecule has 1 aliphatic rings. The molecule has 18 heavy (non-hydrogen) atoms. The van der Waals surface area contributed by atoms with Crippen LogP contribution in [-0.4, -0.2) is 20.0 Å². The Morgan fingerprint density at radius 2 is 1.89 bits per heavy atom. The number of hydrogen-bond acceptors (Lipinski definition) is 3. The van der Waals surface area contributed by atoms with Gasteiger partial charge in [0.2, 0.25) is 0 Å². The Bertz CT molecular complexity index is 502. The highest BCUT2D eigenvalue weighted by Gasteiger charge is 2.26. The van der Waals surface area contributed by atoms with Crippen LogP contribution in [0.2, 0.25) is 0 Å². The van der Waals surface area contributed by atoms with Crippen LogP contribution in [0, 0.1) is 0 Å². The first-order chi connectivity index (χ1) is 8.58. The highest BCUT2D eigenvalue weighted by atomic mass is 16.5. The van der Waals surface area contributed by atoms with Crippen molar-refractivity contribution in [3.05, 3.63) is 46.5 Å². The number of rotatable bonds is 3. The van der Waals surface area contributed by atoms with Crippen LogP contribution in [-0.2, 0) is 9.47 Å². The molecular weight excluding hydrogens is 228 g/mol. The number of benzene rings is 1. The molecule has 1 aromatic rings. The van der Waals surface area contributed by atoms with Crippen molar-refractivity contribution in [2.45, 2.75) is 26.1 Å². The Labute approximate surface area is 107 Å². The Morgan fingerprint density at radius 1 is 1.17 bits per heavy atom. The molecule has 0 amide bonds. The number of hydrogen-bond donors (Lipinski definition) is 0. The van der Waals surface area contributed by atoms with Crippen molar-refractivity contribution in [1.82, 2.24) is 0 Å². The zero-order chi connectivity index (χ0) is 13.3. The molecule has 3 heteroatoms. The van der Waals surface area contributed by atoms with Gasteiger partial charge in [-0.1, -0.05) is 12.1 Å². The van der Waals surface area contributed by atoms with Gasteiger partial charge in [-0.2, -0.15) is 0 Å². The van der Waals surface area contributed by atoms with E-state index < -0.39 is 0 Å². The molecule has 2 atom stereocenters. The van der Waals surface area contributed by atoms with E-state index in [4.69, 9.17) is 9.47 Å². The predicted octanol–water partition coefficient (Wildman–Crippen LogP) is 3.22. The molecule has 1 aliphatic carbocycles. The topological polar surface area (TPSA) is 35.5 Å². The van der Waals surface area contributed by atoms with E-state index in [9.17, 15) is 4.79 Å². The summed E-state index contributed by atoms with van der Waals surface area (Å²) in [5.74, 6) is 0.0629. The molecular formula is C15H18O3. The van der Waals surface area contributed by atoms with Gasteiger partial charge in [-0.25, -0.2) is 0 Å². The summed E-state index contributed by atoms with van der Waals surface area (Å²) in [5, 5.41) is 0. The molecule has 96 valence electrons. The number of ether oxygens (including phenoxy) is 2. The van der Waals surface area contributed by atoms with Crippen LogP contribution < -0.4 is 0 Å². The monoisotopic (exact) mass is 246 g/mol. The smallest absolute Gasteiger partial charge is 0.159 e. The van der Waals surface area contributed by atoms with Crippen LogP contribution in [0.25, 0.3) is 0 Å². The van der Waals surface area contributed by atoms with Crippen molar-refractivity contribution in [1.29, 1.82) is 0 Å². The summed E-state index contributed by atoms with van der Waals surface area (Å²) < 4.78 is 11.0. The van der Waals surface area contributed by atoms with E-state index in [2.05, 4.69) is 0 Å². The van der Waals surface area contributed by atoms with E-state index >= 15 is 0 Å². The molecule has 0 radical (unpaired) electrons. The molecule has 0 heterocycles. The fraction of sp³-hybridized carbons (Fsp3) is 0.400. The number of fused-ring (bicyclic) bond motifs is 1. The minimum Gasteiger partial charge on any atom is -0.373 e. The van der Waals surface area contributed by atoms with Crippen molar-refractivity contribution in [3.8, 4) is 0 Å². The van der Waals surface area contributed by atoms with Gasteiger partial charge in [-0.05, 0) is 42.7 Å². The molecule has 0 saturated heterocycles. The molecule has 0 aromatic heterocycles. The van der Waals surface area contributed by atoms with E-state index in [1.807, 2.05) is 31.2 Å².